The first-order chi connectivity index (χ1) is 12.5. The van der Waals surface area contributed by atoms with Crippen molar-refractivity contribution in [2.24, 2.45) is 0 Å². The van der Waals surface area contributed by atoms with Gasteiger partial charge in [-0.3, -0.25) is 4.79 Å². The van der Waals surface area contributed by atoms with Crippen molar-refractivity contribution < 1.29 is 17.9 Å². The highest BCUT2D eigenvalue weighted by atomic mass is 32.2. The molecule has 0 radical (unpaired) electrons. The van der Waals surface area contributed by atoms with Crippen LogP contribution in [0.2, 0.25) is 0 Å². The Morgan fingerprint density at radius 3 is 2.22 bits per heavy atom. The van der Waals surface area contributed by atoms with E-state index in [1.807, 2.05) is 31.2 Å². The Hall–Kier alpha value is -2.34. The number of sulfone groups is 1. The standard InChI is InChI=1S/C21H27NO4S/c1-15(16-10-12-17(13-11-16)27(5,24)25)22-20(23)14-26-19-9-7-6-8-18(19)21(2,3)4/h6-13,15H,14H2,1-5H3,(H,22,23). The van der Waals surface area contributed by atoms with Gasteiger partial charge in [0.25, 0.3) is 5.91 Å². The lowest BCUT2D eigenvalue weighted by atomic mass is 9.86. The van der Waals surface area contributed by atoms with Gasteiger partial charge in [-0.05, 0) is 41.7 Å². The number of carbonyl (C=O) groups is 1. The molecule has 0 aromatic heterocycles. The van der Waals surface area contributed by atoms with Crippen LogP contribution in [-0.2, 0) is 20.0 Å². The molecule has 2 aromatic carbocycles. The second-order valence-corrected chi connectivity index (χ2v) is 9.68. The number of ether oxygens (including phenoxy) is 1. The van der Waals surface area contributed by atoms with Crippen LogP contribution >= 0.6 is 0 Å². The summed E-state index contributed by atoms with van der Waals surface area (Å²) >= 11 is 0. The second kappa shape index (κ2) is 8.13. The molecule has 0 aliphatic rings. The number of hydrogen-bond donors (Lipinski definition) is 1. The predicted molar refractivity (Wildman–Crippen MR) is 107 cm³/mol. The first-order valence-electron chi connectivity index (χ1n) is 8.80. The van der Waals surface area contributed by atoms with Crippen LogP contribution in [0.15, 0.2) is 53.4 Å². The van der Waals surface area contributed by atoms with E-state index in [0.717, 1.165) is 11.1 Å². The van der Waals surface area contributed by atoms with Gasteiger partial charge in [0.2, 0.25) is 0 Å². The van der Waals surface area contributed by atoms with Gasteiger partial charge in [0.05, 0.1) is 10.9 Å². The fourth-order valence-corrected chi connectivity index (χ4v) is 3.36. The van der Waals surface area contributed by atoms with Crippen molar-refractivity contribution in [1.82, 2.24) is 5.32 Å². The molecule has 0 aliphatic heterocycles. The van der Waals surface area contributed by atoms with E-state index in [-0.39, 0.29) is 28.9 Å². The Kier molecular flexibility index (Phi) is 6.31. The Morgan fingerprint density at radius 2 is 1.67 bits per heavy atom. The smallest absolute Gasteiger partial charge is 0.258 e. The van der Waals surface area contributed by atoms with Crippen LogP contribution in [0.25, 0.3) is 0 Å². The summed E-state index contributed by atoms with van der Waals surface area (Å²) in [6.07, 6.45) is 1.17. The highest BCUT2D eigenvalue weighted by Gasteiger charge is 2.19. The molecule has 1 atom stereocenters. The third kappa shape index (κ3) is 5.82. The van der Waals surface area contributed by atoms with Crippen LogP contribution < -0.4 is 10.1 Å². The number of hydrogen-bond acceptors (Lipinski definition) is 4. The minimum atomic E-state index is -3.23. The summed E-state index contributed by atoms with van der Waals surface area (Å²) in [5, 5.41) is 2.87. The van der Waals surface area contributed by atoms with E-state index >= 15 is 0 Å². The van der Waals surface area contributed by atoms with E-state index in [0.29, 0.717) is 5.75 Å². The van der Waals surface area contributed by atoms with Crippen molar-refractivity contribution in [2.75, 3.05) is 12.9 Å². The SMILES string of the molecule is CC(NC(=O)COc1ccccc1C(C)(C)C)c1ccc(S(C)(=O)=O)cc1. The largest absolute Gasteiger partial charge is 0.483 e. The van der Waals surface area contributed by atoms with Crippen molar-refractivity contribution in [2.45, 2.75) is 44.0 Å². The average Bonchev–Trinajstić information content (AvgIpc) is 2.58. The van der Waals surface area contributed by atoms with E-state index in [9.17, 15) is 13.2 Å². The molecule has 2 rings (SSSR count). The van der Waals surface area contributed by atoms with Gasteiger partial charge in [0.1, 0.15) is 5.75 Å². The number of rotatable bonds is 6. The van der Waals surface area contributed by atoms with Crippen LogP contribution in [0, 0.1) is 0 Å². The maximum atomic E-state index is 12.3. The zero-order valence-corrected chi connectivity index (χ0v) is 17.3. The van der Waals surface area contributed by atoms with E-state index in [1.54, 1.807) is 24.3 Å². The van der Waals surface area contributed by atoms with Crippen LogP contribution in [0.4, 0.5) is 0 Å². The van der Waals surface area contributed by atoms with Gasteiger partial charge in [0, 0.05) is 6.26 Å². The van der Waals surface area contributed by atoms with Crippen molar-refractivity contribution >= 4 is 15.7 Å². The third-order valence-electron chi connectivity index (χ3n) is 4.24. The van der Waals surface area contributed by atoms with Crippen LogP contribution in [0.3, 0.4) is 0 Å². The minimum absolute atomic E-state index is 0.0816. The summed E-state index contributed by atoms with van der Waals surface area (Å²) in [5.41, 5.74) is 1.79. The van der Waals surface area contributed by atoms with Gasteiger partial charge in [-0.25, -0.2) is 8.42 Å². The summed E-state index contributed by atoms with van der Waals surface area (Å²) in [6, 6.07) is 13.9. The first-order valence-corrected chi connectivity index (χ1v) is 10.7. The zero-order chi connectivity index (χ0) is 20.2. The lowest BCUT2D eigenvalue weighted by Gasteiger charge is -2.23. The monoisotopic (exact) mass is 389 g/mol. The Labute approximate surface area is 161 Å². The quantitative estimate of drug-likeness (QED) is 0.819. The van der Waals surface area contributed by atoms with Crippen LogP contribution in [-0.4, -0.2) is 27.2 Å². The van der Waals surface area contributed by atoms with Gasteiger partial charge in [-0.15, -0.1) is 0 Å². The Bertz CT molecular complexity index is 897. The Balaban J connectivity index is 1.98. The normalized spacial score (nSPS) is 13.1. The molecule has 0 saturated carbocycles. The van der Waals surface area contributed by atoms with Crippen molar-refractivity contribution in [1.29, 1.82) is 0 Å². The van der Waals surface area contributed by atoms with E-state index in [2.05, 4.69) is 26.1 Å². The molecule has 0 bridgehead atoms. The van der Waals surface area contributed by atoms with Gasteiger partial charge in [-0.2, -0.15) is 0 Å². The van der Waals surface area contributed by atoms with Crippen LogP contribution in [0.1, 0.15) is 44.9 Å². The zero-order valence-electron chi connectivity index (χ0n) is 16.4. The lowest BCUT2D eigenvalue weighted by Crippen LogP contribution is -2.31. The fourth-order valence-electron chi connectivity index (χ4n) is 2.73. The van der Waals surface area contributed by atoms with E-state index in [4.69, 9.17) is 4.74 Å². The summed E-state index contributed by atoms with van der Waals surface area (Å²) in [6.45, 7) is 8.04. The molecule has 5 nitrogen and oxygen atoms in total. The van der Waals surface area contributed by atoms with Crippen molar-refractivity contribution in [3.8, 4) is 5.75 Å². The number of amides is 1. The third-order valence-corrected chi connectivity index (χ3v) is 5.37. The van der Waals surface area contributed by atoms with Crippen molar-refractivity contribution in [3.63, 3.8) is 0 Å². The number of benzene rings is 2. The molecule has 2 aromatic rings. The maximum absolute atomic E-state index is 12.3. The molecule has 1 N–H and O–H groups in total. The maximum Gasteiger partial charge on any atom is 0.258 e. The van der Waals surface area contributed by atoms with Gasteiger partial charge < -0.3 is 10.1 Å². The highest BCUT2D eigenvalue weighted by molar-refractivity contribution is 7.90. The molecule has 0 heterocycles. The molecule has 0 spiro atoms. The molecule has 6 heteroatoms. The van der Waals surface area contributed by atoms with Crippen molar-refractivity contribution in [3.05, 3.63) is 59.7 Å². The molecule has 0 aliphatic carbocycles. The van der Waals surface area contributed by atoms with E-state index in [1.165, 1.54) is 6.26 Å². The summed E-state index contributed by atoms with van der Waals surface area (Å²) < 4.78 is 28.8. The van der Waals surface area contributed by atoms with Gasteiger partial charge in [0.15, 0.2) is 16.4 Å². The molecule has 0 saturated heterocycles. The van der Waals surface area contributed by atoms with Gasteiger partial charge in [-0.1, -0.05) is 51.1 Å². The summed E-state index contributed by atoms with van der Waals surface area (Å²) in [4.78, 5) is 12.5. The number of carbonyl (C=O) groups excluding carboxylic acids is 1. The summed E-state index contributed by atoms with van der Waals surface area (Å²) in [5.74, 6) is 0.462. The van der Waals surface area contributed by atoms with Gasteiger partial charge >= 0.3 is 0 Å². The topological polar surface area (TPSA) is 72.5 Å². The molecule has 146 valence electrons. The molecular formula is C21H27NO4S. The molecule has 0 fully saturated rings. The predicted octanol–water partition coefficient (Wildman–Crippen LogP) is 3.64. The molecular weight excluding hydrogens is 362 g/mol. The highest BCUT2D eigenvalue weighted by Crippen LogP contribution is 2.30. The van der Waals surface area contributed by atoms with Crippen LogP contribution in [0.5, 0.6) is 5.75 Å². The minimum Gasteiger partial charge on any atom is -0.483 e. The molecule has 1 unspecified atom stereocenters. The number of para-hydroxylation sites is 1. The summed E-state index contributed by atoms with van der Waals surface area (Å²) in [7, 11) is -3.23. The Morgan fingerprint density at radius 1 is 1.07 bits per heavy atom. The fraction of sp³-hybridized carbons (Fsp3) is 0.381. The lowest BCUT2D eigenvalue weighted by molar-refractivity contribution is -0.123. The van der Waals surface area contributed by atoms with E-state index < -0.39 is 9.84 Å². The first kappa shape index (κ1) is 21.0. The molecule has 27 heavy (non-hydrogen) atoms. The molecule has 1 amide bonds. The second-order valence-electron chi connectivity index (χ2n) is 7.67. The average molecular weight is 390 g/mol. The number of nitrogens with one attached hydrogen (secondary N) is 1.